The van der Waals surface area contributed by atoms with Gasteiger partial charge in [-0.1, -0.05) is 11.6 Å². The molecule has 6 heteroatoms. The summed E-state index contributed by atoms with van der Waals surface area (Å²) < 4.78 is 1.25. The molecule has 2 aromatic rings. The topological polar surface area (TPSA) is 66.9 Å². The van der Waals surface area contributed by atoms with Gasteiger partial charge in [-0.25, -0.2) is 9.36 Å². The van der Waals surface area contributed by atoms with Gasteiger partial charge < -0.3 is 4.98 Å². The highest BCUT2D eigenvalue weighted by atomic mass is 35.5. The second-order valence-corrected chi connectivity index (χ2v) is 4.84. The minimum atomic E-state index is -0.394. The van der Waals surface area contributed by atoms with E-state index in [4.69, 9.17) is 11.6 Å². The van der Waals surface area contributed by atoms with Gasteiger partial charge in [-0.3, -0.25) is 10.1 Å². The lowest BCUT2D eigenvalue weighted by molar-refractivity contribution is 0.439. The van der Waals surface area contributed by atoms with Gasteiger partial charge >= 0.3 is 5.69 Å². The van der Waals surface area contributed by atoms with E-state index in [9.17, 15) is 9.59 Å². The Hall–Kier alpha value is -1.59. The Bertz CT molecular complexity index is 713. The lowest BCUT2D eigenvalue weighted by Crippen LogP contribution is -2.41. The highest BCUT2D eigenvalue weighted by molar-refractivity contribution is 6.31. The zero-order chi connectivity index (χ0) is 12.7. The first-order valence-electron chi connectivity index (χ1n) is 5.84. The molecule has 0 spiro atoms. The van der Waals surface area contributed by atoms with E-state index in [-0.39, 0.29) is 11.7 Å². The first-order chi connectivity index (χ1) is 8.66. The van der Waals surface area contributed by atoms with Gasteiger partial charge in [0.25, 0.3) is 5.56 Å². The highest BCUT2D eigenvalue weighted by Gasteiger charge is 2.20. The highest BCUT2D eigenvalue weighted by Crippen LogP contribution is 2.16. The van der Waals surface area contributed by atoms with E-state index in [1.165, 1.54) is 4.57 Å². The van der Waals surface area contributed by atoms with Gasteiger partial charge in [0.05, 0.1) is 17.1 Å². The number of halogens is 1. The normalized spacial score (nSPS) is 19.5. The number of nitrogens with one attached hydrogen (secondary N) is 2. The Balaban J connectivity index is 2.30. The van der Waals surface area contributed by atoms with Crippen LogP contribution in [0.2, 0.25) is 5.02 Å². The van der Waals surface area contributed by atoms with E-state index < -0.39 is 5.69 Å². The molecule has 1 aliphatic rings. The zero-order valence-electron chi connectivity index (χ0n) is 9.57. The van der Waals surface area contributed by atoms with E-state index in [1.54, 1.807) is 18.2 Å². The molecule has 1 atom stereocenters. The molecular weight excluding hydrogens is 254 g/mol. The lowest BCUT2D eigenvalue weighted by atomic mass is 10.2. The van der Waals surface area contributed by atoms with Gasteiger partial charge in [-0.05, 0) is 37.6 Å². The lowest BCUT2D eigenvalue weighted by Gasteiger charge is -2.13. The average molecular weight is 266 g/mol. The first kappa shape index (κ1) is 11.5. The van der Waals surface area contributed by atoms with Gasteiger partial charge in [0.1, 0.15) is 0 Å². The number of aromatic nitrogens is 2. The van der Waals surface area contributed by atoms with Crippen LogP contribution in [0.1, 0.15) is 19.0 Å². The summed E-state index contributed by atoms with van der Waals surface area (Å²) in [5.74, 6) is 0. The molecule has 1 saturated heterocycles. The zero-order valence-corrected chi connectivity index (χ0v) is 10.3. The molecule has 0 bridgehead atoms. The minimum Gasteiger partial charge on any atom is -0.307 e. The summed E-state index contributed by atoms with van der Waals surface area (Å²) in [4.78, 5) is 27.0. The molecule has 1 aliphatic heterocycles. The molecule has 0 saturated carbocycles. The molecule has 94 valence electrons. The Morgan fingerprint density at radius 1 is 1.33 bits per heavy atom. The van der Waals surface area contributed by atoms with Crippen LogP contribution in [-0.2, 0) is 0 Å². The maximum absolute atomic E-state index is 12.3. The van der Waals surface area contributed by atoms with E-state index in [1.807, 2.05) is 0 Å². The van der Waals surface area contributed by atoms with Crippen molar-refractivity contribution in [3.05, 3.63) is 44.1 Å². The van der Waals surface area contributed by atoms with Crippen molar-refractivity contribution in [2.75, 3.05) is 6.54 Å². The van der Waals surface area contributed by atoms with Crippen LogP contribution in [0, 0.1) is 0 Å². The average Bonchev–Trinajstić information content (AvgIpc) is 2.82. The fraction of sp³-hybridized carbons (Fsp3) is 0.333. The minimum absolute atomic E-state index is 0.207. The number of hydrogen-bond acceptors (Lipinski definition) is 3. The number of fused-ring (bicyclic) bond motifs is 1. The third-order valence-electron chi connectivity index (χ3n) is 3.24. The SMILES string of the molecule is O=c1[nH]c2cc(Cl)ccc2c(=O)n1C1CCCN1. The van der Waals surface area contributed by atoms with Crippen LogP contribution in [0.4, 0.5) is 0 Å². The van der Waals surface area contributed by atoms with E-state index in [0.717, 1.165) is 19.4 Å². The van der Waals surface area contributed by atoms with Crippen LogP contribution in [-0.4, -0.2) is 16.1 Å². The Kier molecular flexibility index (Phi) is 2.72. The van der Waals surface area contributed by atoms with E-state index in [0.29, 0.717) is 15.9 Å². The predicted octanol–water partition coefficient (Wildman–Crippen LogP) is 1.23. The van der Waals surface area contributed by atoms with Gasteiger partial charge in [0, 0.05) is 5.02 Å². The quantitative estimate of drug-likeness (QED) is 0.815. The molecule has 2 N–H and O–H groups in total. The van der Waals surface area contributed by atoms with Crippen LogP contribution in [0.3, 0.4) is 0 Å². The van der Waals surface area contributed by atoms with Gasteiger partial charge in [-0.15, -0.1) is 0 Å². The molecule has 2 heterocycles. The Morgan fingerprint density at radius 3 is 2.89 bits per heavy atom. The number of rotatable bonds is 1. The van der Waals surface area contributed by atoms with Crippen molar-refractivity contribution in [3.63, 3.8) is 0 Å². The van der Waals surface area contributed by atoms with Gasteiger partial charge in [0.15, 0.2) is 0 Å². The standard InChI is InChI=1S/C12H12ClN3O2/c13-7-3-4-8-9(6-7)15-12(18)16(11(8)17)10-2-1-5-14-10/h3-4,6,10,14H,1-2,5H2,(H,15,18). The third-order valence-corrected chi connectivity index (χ3v) is 3.47. The summed E-state index contributed by atoms with van der Waals surface area (Å²) in [5.41, 5.74) is -0.189. The summed E-state index contributed by atoms with van der Waals surface area (Å²) in [6.07, 6.45) is 1.55. The van der Waals surface area contributed by atoms with E-state index >= 15 is 0 Å². The molecule has 5 nitrogen and oxygen atoms in total. The van der Waals surface area contributed by atoms with Crippen molar-refractivity contribution in [2.24, 2.45) is 0 Å². The van der Waals surface area contributed by atoms with Crippen LogP contribution in [0.5, 0.6) is 0 Å². The number of H-pyrrole nitrogens is 1. The molecule has 0 radical (unpaired) electrons. The maximum atomic E-state index is 12.3. The summed E-state index contributed by atoms with van der Waals surface area (Å²) in [6.45, 7) is 0.829. The van der Waals surface area contributed by atoms with E-state index in [2.05, 4.69) is 10.3 Å². The van der Waals surface area contributed by atoms with Crippen LogP contribution >= 0.6 is 11.6 Å². The Labute approximate surface area is 107 Å². The number of benzene rings is 1. The fourth-order valence-corrected chi connectivity index (χ4v) is 2.55. The summed E-state index contributed by atoms with van der Waals surface area (Å²) in [5, 5.41) is 4.12. The molecule has 3 rings (SSSR count). The summed E-state index contributed by atoms with van der Waals surface area (Å²) in [6, 6.07) is 4.88. The Morgan fingerprint density at radius 2 is 2.17 bits per heavy atom. The van der Waals surface area contributed by atoms with Crippen molar-refractivity contribution in [1.82, 2.24) is 14.9 Å². The molecule has 1 aromatic heterocycles. The maximum Gasteiger partial charge on any atom is 0.330 e. The van der Waals surface area contributed by atoms with Crippen molar-refractivity contribution >= 4 is 22.5 Å². The van der Waals surface area contributed by atoms with Crippen molar-refractivity contribution in [2.45, 2.75) is 19.0 Å². The van der Waals surface area contributed by atoms with Gasteiger partial charge in [0.2, 0.25) is 0 Å². The summed E-state index contributed by atoms with van der Waals surface area (Å²) in [7, 11) is 0. The molecule has 1 fully saturated rings. The smallest absolute Gasteiger partial charge is 0.307 e. The molecular formula is C12H12ClN3O2. The molecule has 1 unspecified atom stereocenters. The largest absolute Gasteiger partial charge is 0.330 e. The molecule has 0 amide bonds. The van der Waals surface area contributed by atoms with Crippen LogP contribution in [0.25, 0.3) is 10.9 Å². The number of nitrogens with zero attached hydrogens (tertiary/aromatic N) is 1. The molecule has 0 aliphatic carbocycles. The third kappa shape index (κ3) is 1.76. The number of hydrogen-bond donors (Lipinski definition) is 2. The molecule has 18 heavy (non-hydrogen) atoms. The van der Waals surface area contributed by atoms with Crippen molar-refractivity contribution in [3.8, 4) is 0 Å². The van der Waals surface area contributed by atoms with Crippen molar-refractivity contribution < 1.29 is 0 Å². The second-order valence-electron chi connectivity index (χ2n) is 4.41. The second kappa shape index (κ2) is 4.26. The van der Waals surface area contributed by atoms with Gasteiger partial charge in [-0.2, -0.15) is 0 Å². The monoisotopic (exact) mass is 265 g/mol. The van der Waals surface area contributed by atoms with Crippen LogP contribution in [0.15, 0.2) is 27.8 Å². The fourth-order valence-electron chi connectivity index (χ4n) is 2.37. The predicted molar refractivity (Wildman–Crippen MR) is 70.1 cm³/mol. The number of aromatic amines is 1. The van der Waals surface area contributed by atoms with Crippen molar-refractivity contribution in [1.29, 1.82) is 0 Å². The van der Waals surface area contributed by atoms with Crippen LogP contribution < -0.4 is 16.6 Å². The molecule has 1 aromatic carbocycles. The summed E-state index contributed by atoms with van der Waals surface area (Å²) >= 11 is 5.85. The first-order valence-corrected chi connectivity index (χ1v) is 6.22.